The van der Waals surface area contributed by atoms with Gasteiger partial charge in [0.25, 0.3) is 5.91 Å². The number of aromatic nitrogens is 5. The van der Waals surface area contributed by atoms with Gasteiger partial charge in [0.2, 0.25) is 0 Å². The first-order chi connectivity index (χ1) is 15.7. The summed E-state index contributed by atoms with van der Waals surface area (Å²) >= 11 is 3.42. The van der Waals surface area contributed by atoms with Crippen molar-refractivity contribution in [1.29, 1.82) is 0 Å². The highest BCUT2D eigenvalue weighted by Gasteiger charge is 2.24. The van der Waals surface area contributed by atoms with Gasteiger partial charge in [-0.2, -0.15) is 9.78 Å². The van der Waals surface area contributed by atoms with E-state index in [-0.39, 0.29) is 18.1 Å². The average Bonchev–Trinajstić information content (AvgIpc) is 3.42. The number of nitro groups is 1. The molecular formula is C21H20BrN7O4. The molecule has 0 aliphatic rings. The number of nitrogens with one attached hydrogen (secondary N) is 1. The maximum Gasteiger partial charge on any atom is 0.390 e. The molecule has 33 heavy (non-hydrogen) atoms. The third-order valence-corrected chi connectivity index (χ3v) is 5.66. The quantitative estimate of drug-likeness (QED) is 0.291. The maximum atomic E-state index is 12.9. The van der Waals surface area contributed by atoms with Crippen LogP contribution in [0.2, 0.25) is 0 Å². The second-order valence-corrected chi connectivity index (χ2v) is 8.45. The Kier molecular flexibility index (Phi) is 6.09. The second-order valence-electron chi connectivity index (χ2n) is 7.53. The topological polar surface area (TPSA) is 134 Å². The van der Waals surface area contributed by atoms with E-state index in [1.807, 2.05) is 31.2 Å². The number of halogens is 1. The van der Waals surface area contributed by atoms with Crippen LogP contribution in [0, 0.1) is 30.9 Å². The van der Waals surface area contributed by atoms with Crippen molar-refractivity contribution in [2.24, 2.45) is 0 Å². The number of hydrogen-bond acceptors (Lipinski definition) is 7. The van der Waals surface area contributed by atoms with Gasteiger partial charge in [-0.05, 0) is 43.4 Å². The first kappa shape index (κ1) is 22.4. The third-order valence-electron chi connectivity index (χ3n) is 5.13. The standard InChI is InChI=1S/C21H20BrN7O4/c1-12-8-18(24-27(12)10-15-4-6-16(22)7-5-15)23-21(30)20-17(14(3)33-26-20)11-28-13(2)9-19(25-28)29(31)32/h4-9H,10-11H2,1-3H3,(H,23,24,30). The molecule has 3 heterocycles. The van der Waals surface area contributed by atoms with Crippen molar-refractivity contribution < 1.29 is 14.2 Å². The van der Waals surface area contributed by atoms with Gasteiger partial charge in [0.05, 0.1) is 35.5 Å². The van der Waals surface area contributed by atoms with Crippen molar-refractivity contribution in [3.05, 3.63) is 85.0 Å². The smallest absolute Gasteiger partial charge is 0.361 e. The maximum absolute atomic E-state index is 12.9. The fraction of sp³-hybridized carbons (Fsp3) is 0.238. The van der Waals surface area contributed by atoms with Gasteiger partial charge in [-0.15, -0.1) is 0 Å². The van der Waals surface area contributed by atoms with E-state index in [0.29, 0.717) is 29.4 Å². The van der Waals surface area contributed by atoms with Gasteiger partial charge in [-0.3, -0.25) is 9.48 Å². The molecule has 11 nitrogen and oxygen atoms in total. The zero-order valence-electron chi connectivity index (χ0n) is 18.1. The Morgan fingerprint density at radius 3 is 2.42 bits per heavy atom. The van der Waals surface area contributed by atoms with Gasteiger partial charge < -0.3 is 20.0 Å². The van der Waals surface area contributed by atoms with Crippen molar-refractivity contribution in [1.82, 2.24) is 24.7 Å². The van der Waals surface area contributed by atoms with Crippen LogP contribution in [0.25, 0.3) is 0 Å². The largest absolute Gasteiger partial charge is 0.390 e. The van der Waals surface area contributed by atoms with E-state index < -0.39 is 10.8 Å². The Morgan fingerprint density at radius 1 is 1.09 bits per heavy atom. The van der Waals surface area contributed by atoms with E-state index in [9.17, 15) is 14.9 Å². The molecule has 3 aromatic heterocycles. The average molecular weight is 514 g/mol. The number of amides is 1. The highest BCUT2D eigenvalue weighted by molar-refractivity contribution is 9.10. The highest BCUT2D eigenvalue weighted by atomic mass is 79.9. The van der Waals surface area contributed by atoms with E-state index in [1.54, 1.807) is 24.6 Å². The van der Waals surface area contributed by atoms with Crippen molar-refractivity contribution in [3.63, 3.8) is 0 Å². The van der Waals surface area contributed by atoms with E-state index in [1.165, 1.54) is 10.7 Å². The Morgan fingerprint density at radius 2 is 1.76 bits per heavy atom. The van der Waals surface area contributed by atoms with Gasteiger partial charge in [0.1, 0.15) is 5.76 Å². The minimum absolute atomic E-state index is 0.0742. The molecule has 4 aromatic rings. The second kappa shape index (κ2) is 8.98. The molecule has 4 rings (SSSR count). The van der Waals surface area contributed by atoms with Gasteiger partial charge in [0.15, 0.2) is 11.5 Å². The van der Waals surface area contributed by atoms with Crippen LogP contribution in [0.3, 0.4) is 0 Å². The molecule has 0 unspecified atom stereocenters. The van der Waals surface area contributed by atoms with Crippen molar-refractivity contribution in [2.75, 3.05) is 5.32 Å². The van der Waals surface area contributed by atoms with Gasteiger partial charge in [-0.1, -0.05) is 33.2 Å². The minimum Gasteiger partial charge on any atom is -0.361 e. The number of nitrogens with zero attached hydrogens (tertiary/aromatic N) is 6. The molecule has 0 atom stereocenters. The number of aryl methyl sites for hydroxylation is 3. The summed E-state index contributed by atoms with van der Waals surface area (Å²) in [6, 6.07) is 11.0. The number of carbonyl (C=O) groups excluding carboxylic acids is 1. The predicted octanol–water partition coefficient (Wildman–Crippen LogP) is 4.01. The summed E-state index contributed by atoms with van der Waals surface area (Å²) in [7, 11) is 0. The first-order valence-electron chi connectivity index (χ1n) is 9.95. The van der Waals surface area contributed by atoms with Crippen molar-refractivity contribution in [3.8, 4) is 0 Å². The van der Waals surface area contributed by atoms with Crippen LogP contribution in [0.15, 0.2) is 45.4 Å². The Bertz CT molecular complexity index is 1340. The zero-order valence-corrected chi connectivity index (χ0v) is 19.7. The van der Waals surface area contributed by atoms with Crippen LogP contribution in [0.1, 0.15) is 38.8 Å². The van der Waals surface area contributed by atoms with Crippen LogP contribution in [0.4, 0.5) is 11.6 Å². The van der Waals surface area contributed by atoms with E-state index in [2.05, 4.69) is 36.6 Å². The molecule has 0 saturated carbocycles. The molecule has 1 N–H and O–H groups in total. The number of benzene rings is 1. The third kappa shape index (κ3) is 4.85. The van der Waals surface area contributed by atoms with E-state index in [4.69, 9.17) is 4.52 Å². The van der Waals surface area contributed by atoms with Crippen LogP contribution in [-0.4, -0.2) is 35.5 Å². The van der Waals surface area contributed by atoms with Crippen molar-refractivity contribution in [2.45, 2.75) is 33.9 Å². The molecule has 0 aliphatic heterocycles. The van der Waals surface area contributed by atoms with Crippen LogP contribution < -0.4 is 5.32 Å². The van der Waals surface area contributed by atoms with Crippen molar-refractivity contribution >= 4 is 33.5 Å². The molecular weight excluding hydrogens is 494 g/mol. The molecule has 12 heteroatoms. The summed E-state index contributed by atoms with van der Waals surface area (Å²) in [6.45, 7) is 5.93. The Labute approximate surface area is 196 Å². The molecule has 0 spiro atoms. The molecule has 0 saturated heterocycles. The number of anilines is 1. The fourth-order valence-electron chi connectivity index (χ4n) is 3.32. The van der Waals surface area contributed by atoms with Crippen LogP contribution in [0.5, 0.6) is 0 Å². The fourth-order valence-corrected chi connectivity index (χ4v) is 3.58. The monoisotopic (exact) mass is 513 g/mol. The summed E-state index contributed by atoms with van der Waals surface area (Å²) in [6.07, 6.45) is 0. The number of hydrogen-bond donors (Lipinski definition) is 1. The highest BCUT2D eigenvalue weighted by Crippen LogP contribution is 2.20. The lowest BCUT2D eigenvalue weighted by molar-refractivity contribution is -0.389. The Hall–Kier alpha value is -3.80. The lowest BCUT2D eigenvalue weighted by Crippen LogP contribution is -2.17. The Balaban J connectivity index is 1.52. The summed E-state index contributed by atoms with van der Waals surface area (Å²) in [5, 5.41) is 26.1. The predicted molar refractivity (Wildman–Crippen MR) is 122 cm³/mol. The number of carbonyl (C=O) groups is 1. The molecule has 0 aliphatic carbocycles. The first-order valence-corrected chi connectivity index (χ1v) is 10.7. The van der Waals surface area contributed by atoms with Crippen LogP contribution in [-0.2, 0) is 13.1 Å². The summed E-state index contributed by atoms with van der Waals surface area (Å²) in [4.78, 5) is 23.4. The SMILES string of the molecule is Cc1onc(C(=O)Nc2cc(C)n(Cc3ccc(Br)cc3)n2)c1Cn1nc([N+](=O)[O-])cc1C. The lowest BCUT2D eigenvalue weighted by atomic mass is 10.2. The van der Waals surface area contributed by atoms with Gasteiger partial charge in [-0.25, -0.2) is 0 Å². The molecule has 0 radical (unpaired) electrons. The summed E-state index contributed by atoms with van der Waals surface area (Å²) in [5.74, 6) is 0.0515. The molecule has 170 valence electrons. The lowest BCUT2D eigenvalue weighted by Gasteiger charge is -2.05. The molecule has 1 aromatic carbocycles. The van der Waals surface area contributed by atoms with Gasteiger partial charge >= 0.3 is 5.82 Å². The van der Waals surface area contributed by atoms with E-state index in [0.717, 1.165) is 15.7 Å². The summed E-state index contributed by atoms with van der Waals surface area (Å²) < 4.78 is 9.45. The molecule has 1 amide bonds. The minimum atomic E-state index is -0.565. The zero-order chi connectivity index (χ0) is 23.7. The van der Waals surface area contributed by atoms with E-state index >= 15 is 0 Å². The summed E-state index contributed by atoms with van der Waals surface area (Å²) in [5.41, 5.74) is 3.09. The van der Waals surface area contributed by atoms with Crippen LogP contribution >= 0.6 is 15.9 Å². The normalized spacial score (nSPS) is 11.0. The molecule has 0 bridgehead atoms. The van der Waals surface area contributed by atoms with Gasteiger partial charge in [0, 0.05) is 16.2 Å². The molecule has 0 fully saturated rings. The number of rotatable bonds is 7.